The Kier molecular flexibility index (Phi) is 5.58. The number of amides is 3. The van der Waals surface area contributed by atoms with Crippen LogP contribution >= 0.6 is 0 Å². The van der Waals surface area contributed by atoms with Crippen LogP contribution in [0.1, 0.15) is 52.5 Å². The molecule has 34 heavy (non-hydrogen) atoms. The van der Waals surface area contributed by atoms with Crippen LogP contribution in [0.4, 0.5) is 9.59 Å². The summed E-state index contributed by atoms with van der Waals surface area (Å²) in [5, 5.41) is 7.83. The molecule has 0 radical (unpaired) electrons. The van der Waals surface area contributed by atoms with Crippen molar-refractivity contribution in [3.05, 3.63) is 35.9 Å². The Morgan fingerprint density at radius 1 is 1.24 bits per heavy atom. The van der Waals surface area contributed by atoms with Gasteiger partial charge in [0.25, 0.3) is 0 Å². The van der Waals surface area contributed by atoms with Gasteiger partial charge < -0.3 is 9.47 Å². The normalized spacial score (nSPS) is 30.5. The Morgan fingerprint density at radius 2 is 2.00 bits per heavy atom. The molecule has 0 aromatic heterocycles. The van der Waals surface area contributed by atoms with Crippen molar-refractivity contribution in [3.8, 4) is 0 Å². The van der Waals surface area contributed by atoms with Crippen molar-refractivity contribution in [1.82, 2.24) is 19.9 Å². The van der Waals surface area contributed by atoms with E-state index in [-0.39, 0.29) is 24.3 Å². The zero-order valence-corrected chi connectivity index (χ0v) is 20.2. The molecule has 3 fully saturated rings. The smallest absolute Gasteiger partial charge is 0.410 e. The van der Waals surface area contributed by atoms with Gasteiger partial charge in [-0.15, -0.1) is 5.10 Å². The zero-order chi connectivity index (χ0) is 24.1. The van der Waals surface area contributed by atoms with Crippen molar-refractivity contribution >= 4 is 18.5 Å². The number of carbonyl (C=O) groups is 2. The van der Waals surface area contributed by atoms with Crippen LogP contribution in [0, 0.1) is 0 Å². The van der Waals surface area contributed by atoms with Crippen LogP contribution in [0.3, 0.4) is 0 Å². The summed E-state index contributed by atoms with van der Waals surface area (Å²) in [6.45, 7) is 9.06. The Morgan fingerprint density at radius 3 is 2.68 bits per heavy atom. The molecule has 1 aromatic carbocycles. The van der Waals surface area contributed by atoms with Gasteiger partial charge in [0.15, 0.2) is 6.40 Å². The Balaban J connectivity index is 1.27. The van der Waals surface area contributed by atoms with E-state index in [1.165, 1.54) is 11.5 Å². The lowest BCUT2D eigenvalue weighted by molar-refractivity contribution is -0.151. The molecule has 2 unspecified atom stereocenters. The minimum absolute atomic E-state index is 0.0102. The van der Waals surface area contributed by atoms with Crippen molar-refractivity contribution in [3.63, 3.8) is 0 Å². The fraction of sp³-hybridized carbons (Fsp3) is 0.625. The predicted octanol–water partition coefficient (Wildman–Crippen LogP) is 3.35. The molecule has 4 aliphatic heterocycles. The second kappa shape index (κ2) is 8.33. The SMILES string of the molecule is CC(C)(C)OC(=O)N1CCC1(C)C1OC=NN1[C@H]1CC[C@@H]2CN1C(=O)N2OCc1ccccc1. The van der Waals surface area contributed by atoms with Gasteiger partial charge in [0, 0.05) is 13.1 Å². The molecule has 2 bridgehead atoms. The molecule has 3 saturated heterocycles. The summed E-state index contributed by atoms with van der Waals surface area (Å²) in [4.78, 5) is 35.5. The first-order valence-corrected chi connectivity index (χ1v) is 11.9. The third-order valence-electron chi connectivity index (χ3n) is 7.02. The fourth-order valence-electron chi connectivity index (χ4n) is 5.15. The summed E-state index contributed by atoms with van der Waals surface area (Å²) in [6, 6.07) is 9.67. The van der Waals surface area contributed by atoms with Gasteiger partial charge in [-0.05, 0) is 52.5 Å². The second-order valence-electron chi connectivity index (χ2n) is 10.6. The number of urea groups is 1. The third-order valence-corrected chi connectivity index (χ3v) is 7.02. The highest BCUT2D eigenvalue weighted by Gasteiger charge is 2.58. The van der Waals surface area contributed by atoms with E-state index in [0.29, 0.717) is 19.7 Å². The van der Waals surface area contributed by atoms with E-state index in [1.54, 1.807) is 9.80 Å². The van der Waals surface area contributed by atoms with E-state index < -0.39 is 17.4 Å². The molecular weight excluding hydrogens is 438 g/mol. The molecule has 0 saturated carbocycles. The largest absolute Gasteiger partial charge is 0.454 e. The highest BCUT2D eigenvalue weighted by molar-refractivity contribution is 5.77. The summed E-state index contributed by atoms with van der Waals surface area (Å²) >= 11 is 0. The van der Waals surface area contributed by atoms with Gasteiger partial charge >= 0.3 is 12.1 Å². The van der Waals surface area contributed by atoms with Gasteiger partial charge in [0.1, 0.15) is 23.9 Å². The van der Waals surface area contributed by atoms with E-state index in [4.69, 9.17) is 14.3 Å². The molecule has 4 aliphatic rings. The molecule has 0 aliphatic carbocycles. The quantitative estimate of drug-likeness (QED) is 0.655. The van der Waals surface area contributed by atoms with E-state index in [0.717, 1.165) is 24.8 Å². The van der Waals surface area contributed by atoms with Crippen LogP contribution < -0.4 is 0 Å². The average Bonchev–Trinajstić information content (AvgIpc) is 3.35. The number of rotatable bonds is 5. The minimum atomic E-state index is -0.609. The molecule has 0 spiro atoms. The lowest BCUT2D eigenvalue weighted by Crippen LogP contribution is -2.71. The molecule has 4 atom stereocenters. The molecular formula is C24H33N5O5. The second-order valence-corrected chi connectivity index (χ2v) is 10.6. The summed E-state index contributed by atoms with van der Waals surface area (Å²) in [5.74, 6) is 0. The number of likely N-dealkylation sites (tertiary alicyclic amines) is 1. The minimum Gasteiger partial charge on any atom is -0.454 e. The van der Waals surface area contributed by atoms with E-state index in [2.05, 4.69) is 5.10 Å². The number of nitrogens with zero attached hydrogens (tertiary/aromatic N) is 5. The number of hydrazone groups is 1. The third kappa shape index (κ3) is 3.93. The predicted molar refractivity (Wildman–Crippen MR) is 123 cm³/mol. The maximum atomic E-state index is 13.3. The molecule has 5 rings (SSSR count). The Labute approximate surface area is 199 Å². The van der Waals surface area contributed by atoms with Gasteiger partial charge in [0.2, 0.25) is 6.23 Å². The Bertz CT molecular complexity index is 966. The molecule has 3 amide bonds. The highest BCUT2D eigenvalue weighted by atomic mass is 16.7. The monoisotopic (exact) mass is 471 g/mol. The highest BCUT2D eigenvalue weighted by Crippen LogP contribution is 2.42. The van der Waals surface area contributed by atoms with Crippen LogP contribution in [0.5, 0.6) is 0 Å². The number of carbonyl (C=O) groups excluding carboxylic acids is 2. The average molecular weight is 472 g/mol. The number of hydroxylamine groups is 2. The van der Waals surface area contributed by atoms with Crippen molar-refractivity contribution in [2.45, 2.75) is 83.1 Å². The zero-order valence-electron chi connectivity index (χ0n) is 20.2. The maximum absolute atomic E-state index is 13.3. The molecule has 1 aromatic rings. The first-order valence-electron chi connectivity index (χ1n) is 11.9. The summed E-state index contributed by atoms with van der Waals surface area (Å²) in [5.41, 5.74) is -0.174. The van der Waals surface area contributed by atoms with Gasteiger partial charge in [-0.2, -0.15) is 5.06 Å². The van der Waals surface area contributed by atoms with Crippen LogP contribution in [0.25, 0.3) is 0 Å². The number of benzene rings is 1. The van der Waals surface area contributed by atoms with Crippen LogP contribution in [-0.4, -0.2) is 81.1 Å². The van der Waals surface area contributed by atoms with Crippen molar-refractivity contribution < 1.29 is 23.9 Å². The number of hydrogen-bond donors (Lipinski definition) is 0. The first kappa shape index (κ1) is 22.8. The standard InChI is InChI=1S/C24H33N5O5/c1-23(2,3)34-22(31)27-13-12-24(27,4)20-28(25-16-32-20)19-11-10-18-14-26(19)21(30)29(18)33-15-17-8-6-5-7-9-17/h5-9,16,18-20H,10-15H2,1-4H3/t18-,19+,20?,24?/m1/s1. The number of ether oxygens (including phenoxy) is 2. The van der Waals surface area contributed by atoms with Gasteiger partial charge in [-0.3, -0.25) is 14.6 Å². The molecule has 184 valence electrons. The number of fused-ring (bicyclic) bond motifs is 2. The van der Waals surface area contributed by atoms with Crippen LogP contribution in [0.15, 0.2) is 35.4 Å². The summed E-state index contributed by atoms with van der Waals surface area (Å²) < 4.78 is 11.5. The van der Waals surface area contributed by atoms with Gasteiger partial charge in [-0.1, -0.05) is 30.3 Å². The van der Waals surface area contributed by atoms with Crippen molar-refractivity contribution in [1.29, 1.82) is 0 Å². The topological polar surface area (TPSA) is 87.2 Å². The van der Waals surface area contributed by atoms with Crippen molar-refractivity contribution in [2.24, 2.45) is 5.10 Å². The van der Waals surface area contributed by atoms with Crippen LogP contribution in [0.2, 0.25) is 0 Å². The summed E-state index contributed by atoms with van der Waals surface area (Å²) in [6.07, 6.45) is 2.58. The van der Waals surface area contributed by atoms with Gasteiger partial charge in [0.05, 0.1) is 6.04 Å². The first-order chi connectivity index (χ1) is 16.2. The molecule has 4 heterocycles. The lowest BCUT2D eigenvalue weighted by Gasteiger charge is -2.54. The fourth-order valence-corrected chi connectivity index (χ4v) is 5.15. The maximum Gasteiger partial charge on any atom is 0.410 e. The Hall–Kier alpha value is -3.01. The lowest BCUT2D eigenvalue weighted by atomic mass is 9.84. The number of hydrogen-bond acceptors (Lipinski definition) is 7. The molecule has 0 N–H and O–H groups in total. The number of piperidine rings is 1. The van der Waals surface area contributed by atoms with Gasteiger partial charge in [-0.25, -0.2) is 14.6 Å². The van der Waals surface area contributed by atoms with Crippen molar-refractivity contribution in [2.75, 3.05) is 13.1 Å². The van der Waals surface area contributed by atoms with E-state index in [9.17, 15) is 9.59 Å². The summed E-state index contributed by atoms with van der Waals surface area (Å²) in [7, 11) is 0. The molecule has 10 nitrogen and oxygen atoms in total. The van der Waals surface area contributed by atoms with E-state index in [1.807, 2.05) is 63.0 Å². The van der Waals surface area contributed by atoms with Crippen LogP contribution in [-0.2, 0) is 20.9 Å². The molecule has 10 heteroatoms. The van der Waals surface area contributed by atoms with E-state index >= 15 is 0 Å².